The predicted octanol–water partition coefficient (Wildman–Crippen LogP) is 4.26. The number of carbonyl (C=O) groups excluding carboxylic acids is 1. The fourth-order valence-corrected chi connectivity index (χ4v) is 3.56. The third-order valence-corrected chi connectivity index (χ3v) is 5.49. The second-order valence-corrected chi connectivity index (χ2v) is 7.77. The third-order valence-electron chi connectivity index (χ3n) is 4.11. The van der Waals surface area contributed by atoms with Gasteiger partial charge in [0.05, 0.1) is 10.6 Å². The zero-order valence-electron chi connectivity index (χ0n) is 15.5. The molecule has 1 N–H and O–H groups in total. The van der Waals surface area contributed by atoms with E-state index in [1.54, 1.807) is 55.6 Å². The molecule has 144 valence electrons. The molecular formula is C21H20N2O4S. The first-order chi connectivity index (χ1) is 13.4. The van der Waals surface area contributed by atoms with E-state index in [0.29, 0.717) is 22.9 Å². The van der Waals surface area contributed by atoms with Crippen molar-refractivity contribution in [1.29, 1.82) is 0 Å². The van der Waals surface area contributed by atoms with Crippen LogP contribution < -0.4 is 14.4 Å². The van der Waals surface area contributed by atoms with Gasteiger partial charge in [-0.1, -0.05) is 30.3 Å². The van der Waals surface area contributed by atoms with Crippen molar-refractivity contribution < 1.29 is 17.9 Å². The number of nitrogens with one attached hydrogen (secondary N) is 1. The maximum Gasteiger partial charge on any atom is 0.262 e. The maximum atomic E-state index is 12.8. The molecule has 0 heterocycles. The summed E-state index contributed by atoms with van der Waals surface area (Å²) < 4.78 is 33.9. The second-order valence-electron chi connectivity index (χ2n) is 6.09. The van der Waals surface area contributed by atoms with E-state index in [0.717, 1.165) is 0 Å². The van der Waals surface area contributed by atoms with E-state index >= 15 is 0 Å². The number of sulfonamides is 1. The van der Waals surface area contributed by atoms with Crippen LogP contribution in [0.4, 0.5) is 11.4 Å². The van der Waals surface area contributed by atoms with E-state index in [9.17, 15) is 13.2 Å². The zero-order chi connectivity index (χ0) is 20.1. The topological polar surface area (TPSA) is 75.7 Å². The minimum atomic E-state index is -3.82. The largest absolute Gasteiger partial charge is 0.455 e. The summed E-state index contributed by atoms with van der Waals surface area (Å²) in [6.45, 7) is 1.44. The Bertz CT molecular complexity index is 1070. The standard InChI is InChI=1S/C21H20N2O4S/c1-16(24)23(2)17-12-14-19(15-13-17)28(25,26)22-20-10-6-7-11-21(20)27-18-8-4-3-5-9-18/h3-15,22H,1-2H3. The van der Waals surface area contributed by atoms with Crippen LogP contribution in [0.1, 0.15) is 6.92 Å². The van der Waals surface area contributed by atoms with Gasteiger partial charge in [0.25, 0.3) is 10.0 Å². The van der Waals surface area contributed by atoms with Crippen LogP contribution in [-0.2, 0) is 14.8 Å². The Hall–Kier alpha value is -3.32. The molecule has 1 amide bonds. The molecule has 0 aliphatic rings. The molecule has 28 heavy (non-hydrogen) atoms. The van der Waals surface area contributed by atoms with Gasteiger partial charge >= 0.3 is 0 Å². The van der Waals surface area contributed by atoms with Crippen LogP contribution in [0, 0.1) is 0 Å². The van der Waals surface area contributed by atoms with Gasteiger partial charge in [-0.3, -0.25) is 9.52 Å². The Labute approximate surface area is 164 Å². The van der Waals surface area contributed by atoms with Crippen molar-refractivity contribution in [2.45, 2.75) is 11.8 Å². The van der Waals surface area contributed by atoms with E-state index in [-0.39, 0.29) is 10.8 Å². The monoisotopic (exact) mass is 396 g/mol. The number of ether oxygens (including phenoxy) is 1. The number of benzene rings is 3. The molecule has 6 nitrogen and oxygen atoms in total. The lowest BCUT2D eigenvalue weighted by atomic mass is 10.3. The summed E-state index contributed by atoms with van der Waals surface area (Å²) in [5, 5.41) is 0. The summed E-state index contributed by atoms with van der Waals surface area (Å²) >= 11 is 0. The van der Waals surface area contributed by atoms with E-state index < -0.39 is 10.0 Å². The molecule has 0 spiro atoms. The Morgan fingerprint density at radius 1 is 0.893 bits per heavy atom. The van der Waals surface area contributed by atoms with Crippen molar-refractivity contribution >= 4 is 27.3 Å². The van der Waals surface area contributed by atoms with Crippen LogP contribution in [0.5, 0.6) is 11.5 Å². The maximum absolute atomic E-state index is 12.8. The SMILES string of the molecule is CC(=O)N(C)c1ccc(S(=O)(=O)Nc2ccccc2Oc2ccccc2)cc1. The fourth-order valence-electron chi connectivity index (χ4n) is 2.49. The van der Waals surface area contributed by atoms with Gasteiger partial charge in [-0.15, -0.1) is 0 Å². The number of hydrogen-bond acceptors (Lipinski definition) is 4. The van der Waals surface area contributed by atoms with Crippen LogP contribution in [0.3, 0.4) is 0 Å². The molecular weight excluding hydrogens is 376 g/mol. The van der Waals surface area contributed by atoms with E-state index in [2.05, 4.69) is 4.72 Å². The third kappa shape index (κ3) is 4.50. The van der Waals surface area contributed by atoms with Gasteiger partial charge in [0.2, 0.25) is 5.91 Å². The molecule has 0 fully saturated rings. The number of amides is 1. The summed E-state index contributed by atoms with van der Waals surface area (Å²) in [4.78, 5) is 13.0. The minimum absolute atomic E-state index is 0.0858. The van der Waals surface area contributed by atoms with E-state index in [4.69, 9.17) is 4.74 Å². The molecule has 0 radical (unpaired) electrons. The number of nitrogens with zero attached hydrogens (tertiary/aromatic N) is 1. The van der Waals surface area contributed by atoms with Gasteiger partial charge in [-0.2, -0.15) is 0 Å². The second kappa shape index (κ2) is 8.14. The van der Waals surface area contributed by atoms with Gasteiger partial charge < -0.3 is 9.64 Å². The fraction of sp³-hybridized carbons (Fsp3) is 0.0952. The Morgan fingerprint density at radius 3 is 2.14 bits per heavy atom. The molecule has 7 heteroatoms. The molecule has 3 aromatic carbocycles. The molecule has 0 aliphatic carbocycles. The highest BCUT2D eigenvalue weighted by atomic mass is 32.2. The highest BCUT2D eigenvalue weighted by Crippen LogP contribution is 2.31. The predicted molar refractivity (Wildman–Crippen MR) is 109 cm³/mol. The normalized spacial score (nSPS) is 10.9. The van der Waals surface area contributed by atoms with E-state index in [1.807, 2.05) is 18.2 Å². The van der Waals surface area contributed by atoms with Gasteiger partial charge in [0.1, 0.15) is 5.75 Å². The summed E-state index contributed by atoms with van der Waals surface area (Å²) in [5.41, 5.74) is 0.940. The van der Waals surface area contributed by atoms with Crippen molar-refractivity contribution in [3.63, 3.8) is 0 Å². The number of rotatable bonds is 6. The average Bonchev–Trinajstić information content (AvgIpc) is 2.69. The van der Waals surface area contributed by atoms with E-state index in [1.165, 1.54) is 24.0 Å². The molecule has 0 bridgehead atoms. The molecule has 0 unspecified atom stereocenters. The smallest absolute Gasteiger partial charge is 0.262 e. The first-order valence-electron chi connectivity index (χ1n) is 8.56. The molecule has 0 aliphatic heterocycles. The van der Waals surface area contributed by atoms with Gasteiger partial charge in [-0.25, -0.2) is 8.42 Å². The van der Waals surface area contributed by atoms with Crippen LogP contribution in [0.2, 0.25) is 0 Å². The number of carbonyl (C=O) groups is 1. The Morgan fingerprint density at radius 2 is 1.50 bits per heavy atom. The first-order valence-corrected chi connectivity index (χ1v) is 10.0. The minimum Gasteiger partial charge on any atom is -0.455 e. The van der Waals surface area contributed by atoms with Gasteiger partial charge in [0.15, 0.2) is 5.75 Å². The number of anilines is 2. The van der Waals surface area contributed by atoms with Crippen LogP contribution >= 0.6 is 0 Å². The van der Waals surface area contributed by atoms with Crippen molar-refractivity contribution in [2.75, 3.05) is 16.7 Å². The summed E-state index contributed by atoms with van der Waals surface area (Å²) in [6, 6.07) is 22.0. The van der Waals surface area contributed by atoms with Crippen molar-refractivity contribution in [1.82, 2.24) is 0 Å². The van der Waals surface area contributed by atoms with Gasteiger partial charge in [-0.05, 0) is 48.5 Å². The lowest BCUT2D eigenvalue weighted by Crippen LogP contribution is -2.22. The average molecular weight is 396 g/mol. The summed E-state index contributed by atoms with van der Waals surface area (Å²) in [6.07, 6.45) is 0. The molecule has 3 aromatic rings. The highest BCUT2D eigenvalue weighted by Gasteiger charge is 2.17. The van der Waals surface area contributed by atoms with Crippen LogP contribution in [0.15, 0.2) is 83.8 Å². The molecule has 3 rings (SSSR count). The van der Waals surface area contributed by atoms with Crippen LogP contribution in [-0.4, -0.2) is 21.4 Å². The molecule has 0 saturated carbocycles. The lowest BCUT2D eigenvalue weighted by molar-refractivity contribution is -0.116. The molecule has 0 atom stereocenters. The summed E-state index contributed by atoms with van der Waals surface area (Å²) in [7, 11) is -2.20. The Balaban J connectivity index is 1.84. The van der Waals surface area contributed by atoms with Crippen LogP contribution in [0.25, 0.3) is 0 Å². The van der Waals surface area contributed by atoms with Crippen molar-refractivity contribution in [3.8, 4) is 11.5 Å². The molecule has 0 saturated heterocycles. The first kappa shape index (κ1) is 19.4. The number of para-hydroxylation sites is 3. The summed E-state index contributed by atoms with van der Waals surface area (Å²) in [5.74, 6) is 0.858. The zero-order valence-corrected chi connectivity index (χ0v) is 16.3. The molecule has 0 aromatic heterocycles. The Kier molecular flexibility index (Phi) is 5.65. The van der Waals surface area contributed by atoms with Gasteiger partial charge in [0, 0.05) is 19.7 Å². The van der Waals surface area contributed by atoms with Crippen molar-refractivity contribution in [2.24, 2.45) is 0 Å². The highest BCUT2D eigenvalue weighted by molar-refractivity contribution is 7.92. The quantitative estimate of drug-likeness (QED) is 0.675. The number of hydrogen-bond donors (Lipinski definition) is 1. The van der Waals surface area contributed by atoms with Crippen molar-refractivity contribution in [3.05, 3.63) is 78.9 Å². The lowest BCUT2D eigenvalue weighted by Gasteiger charge is -2.16.